The molecule has 3 saturated carbocycles. The maximum atomic E-state index is 13.7. The largest absolute Gasteiger partial charge is 0.522 e. The van der Waals surface area contributed by atoms with Gasteiger partial charge in [0, 0.05) is 18.4 Å². The quantitative estimate of drug-likeness (QED) is 0.629. The molecule has 0 aliphatic heterocycles. The number of rotatable bonds is 7. The van der Waals surface area contributed by atoms with Gasteiger partial charge < -0.3 is 14.5 Å². The fourth-order valence-electron chi connectivity index (χ4n) is 4.17. The van der Waals surface area contributed by atoms with Gasteiger partial charge in [0.15, 0.2) is 5.76 Å². The number of ether oxygens (including phenoxy) is 2. The van der Waals surface area contributed by atoms with Crippen LogP contribution in [0.4, 0.5) is 17.6 Å². The second kappa shape index (κ2) is 6.91. The van der Waals surface area contributed by atoms with Gasteiger partial charge >= 0.3 is 6.36 Å². The van der Waals surface area contributed by atoms with Crippen LogP contribution in [0.2, 0.25) is 5.02 Å². The molecule has 166 valence electrons. The van der Waals surface area contributed by atoms with Crippen LogP contribution in [-0.2, 0) is 19.7 Å². The molecule has 6 nitrogen and oxygen atoms in total. The number of alkyl halides is 3. The average molecular weight is 461 g/mol. The molecule has 3 aliphatic carbocycles. The van der Waals surface area contributed by atoms with Crippen molar-refractivity contribution in [2.75, 3.05) is 6.61 Å². The number of oxazole rings is 1. The average Bonchev–Trinajstić information content (AvgIpc) is 3.33. The van der Waals surface area contributed by atoms with Crippen molar-refractivity contribution in [3.05, 3.63) is 41.1 Å². The molecule has 1 amide bonds. The van der Waals surface area contributed by atoms with E-state index in [4.69, 9.17) is 20.8 Å². The predicted molar refractivity (Wildman–Crippen MR) is 98.6 cm³/mol. The second-order valence-corrected chi connectivity index (χ2v) is 8.72. The molecule has 0 saturated heterocycles. The van der Waals surface area contributed by atoms with Gasteiger partial charge in [-0.15, -0.1) is 13.2 Å². The van der Waals surface area contributed by atoms with Crippen LogP contribution in [0.25, 0.3) is 11.3 Å². The molecule has 0 unspecified atom stereocenters. The zero-order valence-corrected chi connectivity index (χ0v) is 16.7. The lowest BCUT2D eigenvalue weighted by atomic mass is 9.92. The van der Waals surface area contributed by atoms with E-state index in [1.54, 1.807) is 6.07 Å². The molecule has 11 heteroatoms. The number of carbonyl (C=O) groups is 1. The van der Waals surface area contributed by atoms with Crippen LogP contribution in [0.15, 0.2) is 28.8 Å². The number of carbonyl (C=O) groups excluding carboxylic acids is 1. The lowest BCUT2D eigenvalue weighted by molar-refractivity contribution is -0.357. The Balaban J connectivity index is 1.11. The van der Waals surface area contributed by atoms with Gasteiger partial charge in [0.2, 0.25) is 11.8 Å². The van der Waals surface area contributed by atoms with Gasteiger partial charge in [-0.3, -0.25) is 9.53 Å². The first-order valence-electron chi connectivity index (χ1n) is 9.68. The molecular weight excluding hydrogens is 444 g/mol. The zero-order valence-electron chi connectivity index (χ0n) is 16.0. The molecule has 1 aromatic carbocycles. The topological polar surface area (TPSA) is 73.6 Å². The number of amides is 1. The molecule has 0 bridgehead atoms. The Morgan fingerprint density at radius 1 is 1.29 bits per heavy atom. The summed E-state index contributed by atoms with van der Waals surface area (Å²) < 4.78 is 65.1. The van der Waals surface area contributed by atoms with Crippen molar-refractivity contribution in [3.63, 3.8) is 0 Å². The summed E-state index contributed by atoms with van der Waals surface area (Å²) in [6.07, 6.45) is -2.94. The summed E-state index contributed by atoms with van der Waals surface area (Å²) in [6.45, 7) is -0.234. The third kappa shape index (κ3) is 3.81. The second-order valence-electron chi connectivity index (χ2n) is 8.31. The Labute approximate surface area is 178 Å². The van der Waals surface area contributed by atoms with E-state index < -0.39 is 29.9 Å². The van der Waals surface area contributed by atoms with Crippen molar-refractivity contribution < 1.29 is 36.2 Å². The minimum absolute atomic E-state index is 0.0146. The Kier molecular flexibility index (Phi) is 4.62. The number of nitrogens with one attached hydrogen (secondary N) is 1. The molecule has 0 radical (unpaired) electrons. The fourth-order valence-corrected chi connectivity index (χ4v) is 4.29. The van der Waals surface area contributed by atoms with E-state index in [1.165, 1.54) is 18.3 Å². The van der Waals surface area contributed by atoms with Gasteiger partial charge in [-0.1, -0.05) is 11.6 Å². The van der Waals surface area contributed by atoms with E-state index in [0.29, 0.717) is 30.1 Å². The SMILES string of the molecule is O=C(COC1CC(OC(F)(F)F)C1)NC12CC1(c1ncc(-c3ccc(Cl)c(F)c3)o1)C2. The van der Waals surface area contributed by atoms with E-state index in [-0.39, 0.29) is 35.8 Å². The molecule has 2 aromatic rings. The number of fused-ring (bicyclic) bond motifs is 1. The van der Waals surface area contributed by atoms with Crippen LogP contribution in [0.3, 0.4) is 0 Å². The van der Waals surface area contributed by atoms with Crippen molar-refractivity contribution >= 4 is 17.5 Å². The molecule has 5 rings (SSSR count). The van der Waals surface area contributed by atoms with E-state index in [9.17, 15) is 22.4 Å². The van der Waals surface area contributed by atoms with E-state index in [1.807, 2.05) is 0 Å². The zero-order chi connectivity index (χ0) is 22.0. The van der Waals surface area contributed by atoms with E-state index in [2.05, 4.69) is 15.0 Å². The van der Waals surface area contributed by atoms with Gasteiger partial charge in [-0.2, -0.15) is 0 Å². The number of benzene rings is 1. The summed E-state index contributed by atoms with van der Waals surface area (Å²) in [7, 11) is 0. The van der Waals surface area contributed by atoms with Crippen LogP contribution in [0.1, 0.15) is 31.6 Å². The molecule has 1 heterocycles. The molecule has 3 aliphatic rings. The molecule has 0 atom stereocenters. The van der Waals surface area contributed by atoms with Crippen LogP contribution in [0, 0.1) is 5.82 Å². The highest BCUT2D eigenvalue weighted by molar-refractivity contribution is 6.30. The molecule has 0 spiro atoms. The molecule has 3 fully saturated rings. The first-order valence-corrected chi connectivity index (χ1v) is 10.1. The van der Waals surface area contributed by atoms with Crippen LogP contribution >= 0.6 is 11.6 Å². The van der Waals surface area contributed by atoms with Gasteiger partial charge in [-0.05, 0) is 31.0 Å². The van der Waals surface area contributed by atoms with Crippen LogP contribution in [-0.4, -0.2) is 41.6 Å². The van der Waals surface area contributed by atoms with Crippen molar-refractivity contribution in [3.8, 4) is 11.3 Å². The van der Waals surface area contributed by atoms with Crippen molar-refractivity contribution in [2.45, 2.75) is 55.2 Å². The minimum Gasteiger partial charge on any atom is -0.440 e. The first-order chi connectivity index (χ1) is 14.6. The summed E-state index contributed by atoms with van der Waals surface area (Å²) in [4.78, 5) is 16.5. The van der Waals surface area contributed by atoms with E-state index in [0.717, 1.165) is 0 Å². The minimum atomic E-state index is -4.66. The summed E-state index contributed by atoms with van der Waals surface area (Å²) in [5.41, 5.74) is -0.286. The number of hydrogen-bond donors (Lipinski definition) is 1. The number of nitrogens with zero attached hydrogens (tertiary/aromatic N) is 1. The summed E-state index contributed by atoms with van der Waals surface area (Å²) >= 11 is 5.70. The fraction of sp³-hybridized carbons (Fsp3) is 0.500. The summed E-state index contributed by atoms with van der Waals surface area (Å²) in [6, 6.07) is 4.33. The monoisotopic (exact) mass is 460 g/mol. The highest BCUT2D eigenvalue weighted by Gasteiger charge is 2.87. The first kappa shape index (κ1) is 20.7. The Hall–Kier alpha value is -2.17. The lowest BCUT2D eigenvalue weighted by Crippen LogP contribution is -2.43. The predicted octanol–water partition coefficient (Wildman–Crippen LogP) is 4.12. The van der Waals surface area contributed by atoms with Crippen molar-refractivity contribution in [1.29, 1.82) is 0 Å². The van der Waals surface area contributed by atoms with Gasteiger partial charge in [0.25, 0.3) is 0 Å². The van der Waals surface area contributed by atoms with Gasteiger partial charge in [-0.25, -0.2) is 9.37 Å². The summed E-state index contributed by atoms with van der Waals surface area (Å²) in [5.74, 6) is -0.0169. The normalized spacial score (nSPS) is 31.0. The summed E-state index contributed by atoms with van der Waals surface area (Å²) in [5, 5.41) is 2.92. The Morgan fingerprint density at radius 3 is 2.71 bits per heavy atom. The third-order valence-corrected chi connectivity index (χ3v) is 6.48. The van der Waals surface area contributed by atoms with Crippen molar-refractivity contribution in [1.82, 2.24) is 10.3 Å². The third-order valence-electron chi connectivity index (χ3n) is 6.17. The Bertz CT molecular complexity index is 1030. The molecule has 31 heavy (non-hydrogen) atoms. The Morgan fingerprint density at radius 2 is 2.03 bits per heavy atom. The van der Waals surface area contributed by atoms with E-state index >= 15 is 0 Å². The lowest BCUT2D eigenvalue weighted by Gasteiger charge is -2.34. The highest BCUT2D eigenvalue weighted by atomic mass is 35.5. The van der Waals surface area contributed by atoms with Gasteiger partial charge in [0.1, 0.15) is 12.4 Å². The van der Waals surface area contributed by atoms with Gasteiger partial charge in [0.05, 0.1) is 34.4 Å². The number of hydrogen-bond acceptors (Lipinski definition) is 5. The van der Waals surface area contributed by atoms with Crippen molar-refractivity contribution in [2.24, 2.45) is 0 Å². The van der Waals surface area contributed by atoms with Crippen LogP contribution < -0.4 is 5.32 Å². The van der Waals surface area contributed by atoms with Crippen LogP contribution in [0.5, 0.6) is 0 Å². The maximum Gasteiger partial charge on any atom is 0.522 e. The molecule has 1 aromatic heterocycles. The molecular formula is C20H17ClF4N2O4. The smallest absolute Gasteiger partial charge is 0.440 e. The highest BCUT2D eigenvalue weighted by Crippen LogP contribution is 2.78. The number of halogens is 5. The standard InChI is InChI=1S/C20H17ClF4N2O4/c21-13-2-1-10(3-14(13)22)15-6-26-17(30-15)18-8-19(18,9-18)27-16(28)7-29-11-4-12(5-11)31-20(23,24)25/h1-3,6,11-12H,4-5,7-9H2,(H,27,28). The molecule has 1 N–H and O–H groups in total. The maximum absolute atomic E-state index is 13.7. The number of aromatic nitrogens is 1.